The molecule has 0 spiro atoms. The van der Waals surface area contributed by atoms with Crippen molar-refractivity contribution >= 4 is 38.1 Å². The van der Waals surface area contributed by atoms with Crippen LogP contribution in [0, 0.1) is 0 Å². The number of sulfone groups is 1. The highest BCUT2D eigenvalue weighted by Crippen LogP contribution is 2.33. The molecule has 1 fully saturated rings. The van der Waals surface area contributed by atoms with Gasteiger partial charge in [-0.2, -0.15) is 0 Å². The van der Waals surface area contributed by atoms with Crippen LogP contribution in [0.5, 0.6) is 0 Å². The molecule has 5 nitrogen and oxygen atoms in total. The lowest BCUT2D eigenvalue weighted by Crippen LogP contribution is -2.05. The molecule has 2 N–H and O–H groups in total. The van der Waals surface area contributed by atoms with E-state index < -0.39 is 9.84 Å². The van der Waals surface area contributed by atoms with E-state index in [2.05, 4.69) is 10.2 Å². The third-order valence-corrected chi connectivity index (χ3v) is 5.96. The van der Waals surface area contributed by atoms with Crippen LogP contribution in [-0.2, 0) is 9.84 Å². The number of rotatable bonds is 2. The molecular weight excluding hydrogens is 242 g/mol. The highest BCUT2D eigenvalue weighted by Gasteiger charge is 2.29. The van der Waals surface area contributed by atoms with E-state index in [0.29, 0.717) is 17.3 Å². The summed E-state index contributed by atoms with van der Waals surface area (Å²) in [6, 6.07) is 0. The van der Waals surface area contributed by atoms with E-state index in [1.165, 1.54) is 23.1 Å². The summed E-state index contributed by atoms with van der Waals surface area (Å²) < 4.78 is 23.1. The third-order valence-electron chi connectivity index (χ3n) is 1.88. The van der Waals surface area contributed by atoms with Crippen LogP contribution in [0.25, 0.3) is 0 Å². The Kier molecular flexibility index (Phi) is 2.67. The Balaban J connectivity index is 2.00. The monoisotopic (exact) mass is 251 g/mol. The number of anilines is 1. The van der Waals surface area contributed by atoms with Gasteiger partial charge in [0.15, 0.2) is 14.2 Å². The van der Waals surface area contributed by atoms with E-state index in [0.717, 1.165) is 4.34 Å². The fourth-order valence-electron chi connectivity index (χ4n) is 1.26. The quantitative estimate of drug-likeness (QED) is 0.819. The molecule has 0 radical (unpaired) electrons. The number of hydrogen-bond acceptors (Lipinski definition) is 7. The largest absolute Gasteiger partial charge is 0.374 e. The summed E-state index contributed by atoms with van der Waals surface area (Å²) in [5, 5.41) is 8.05. The lowest BCUT2D eigenvalue weighted by atomic mass is 10.4. The third kappa shape index (κ3) is 2.37. The summed E-state index contributed by atoms with van der Waals surface area (Å²) in [5.74, 6) is 0.538. The van der Waals surface area contributed by atoms with Crippen LogP contribution in [0.2, 0.25) is 0 Å². The molecule has 0 aliphatic carbocycles. The standard InChI is InChI=1S/C6H9N3O2S3/c7-5-8-9-6(13-5)12-4-1-2-14(10,11)3-4/h4H,1-3H2,(H2,7,8). The van der Waals surface area contributed by atoms with E-state index in [1.54, 1.807) is 0 Å². The summed E-state index contributed by atoms with van der Waals surface area (Å²) in [4.78, 5) is 0. The van der Waals surface area contributed by atoms with Crippen molar-refractivity contribution in [1.82, 2.24) is 10.2 Å². The van der Waals surface area contributed by atoms with Crippen LogP contribution in [0.15, 0.2) is 4.34 Å². The Hall–Kier alpha value is -0.340. The first kappa shape index (κ1) is 10.2. The molecule has 78 valence electrons. The molecule has 0 aromatic carbocycles. The minimum absolute atomic E-state index is 0.118. The SMILES string of the molecule is Nc1nnc(SC2CCS(=O)(=O)C2)s1. The Labute approximate surface area is 90.0 Å². The number of thioether (sulfide) groups is 1. The summed E-state index contributed by atoms with van der Waals surface area (Å²) in [6.07, 6.45) is 0.701. The van der Waals surface area contributed by atoms with E-state index in [-0.39, 0.29) is 11.0 Å². The van der Waals surface area contributed by atoms with Crippen molar-refractivity contribution in [1.29, 1.82) is 0 Å². The molecule has 0 saturated carbocycles. The Morgan fingerprint density at radius 2 is 2.29 bits per heavy atom. The van der Waals surface area contributed by atoms with E-state index in [1.807, 2.05) is 0 Å². The van der Waals surface area contributed by atoms with Gasteiger partial charge in [0.2, 0.25) is 5.13 Å². The van der Waals surface area contributed by atoms with Gasteiger partial charge >= 0.3 is 0 Å². The molecule has 0 bridgehead atoms. The number of nitrogens with two attached hydrogens (primary N) is 1. The first-order chi connectivity index (χ1) is 6.55. The molecule has 1 aromatic heterocycles. The maximum atomic E-state index is 11.2. The second-order valence-electron chi connectivity index (χ2n) is 3.05. The van der Waals surface area contributed by atoms with Gasteiger partial charge in [-0.15, -0.1) is 10.2 Å². The lowest BCUT2D eigenvalue weighted by Gasteiger charge is -2.01. The predicted octanol–water partition coefficient (Wildman–Crippen LogP) is 0.400. The number of aromatic nitrogens is 2. The highest BCUT2D eigenvalue weighted by atomic mass is 32.2. The maximum Gasteiger partial charge on any atom is 0.203 e. The summed E-state index contributed by atoms with van der Waals surface area (Å²) in [7, 11) is -2.80. The molecule has 14 heavy (non-hydrogen) atoms. The topological polar surface area (TPSA) is 85.9 Å². The minimum atomic E-state index is -2.80. The van der Waals surface area contributed by atoms with Crippen molar-refractivity contribution in [2.24, 2.45) is 0 Å². The number of nitrogens with zero attached hydrogens (tertiary/aromatic N) is 2. The first-order valence-corrected chi connectivity index (χ1v) is 7.53. The molecular formula is C6H9N3O2S3. The predicted molar refractivity (Wildman–Crippen MR) is 57.2 cm³/mol. The zero-order chi connectivity index (χ0) is 10.2. The summed E-state index contributed by atoms with van der Waals surface area (Å²) in [5.41, 5.74) is 5.42. The van der Waals surface area contributed by atoms with Crippen LogP contribution in [0.3, 0.4) is 0 Å². The maximum absolute atomic E-state index is 11.2. The van der Waals surface area contributed by atoms with E-state index >= 15 is 0 Å². The van der Waals surface area contributed by atoms with Gasteiger partial charge in [-0.05, 0) is 6.42 Å². The van der Waals surface area contributed by atoms with Gasteiger partial charge in [-0.3, -0.25) is 0 Å². The molecule has 1 aliphatic rings. The first-order valence-electron chi connectivity index (χ1n) is 4.01. The normalized spacial score (nSPS) is 25.3. The van der Waals surface area contributed by atoms with Crippen molar-refractivity contribution in [3.05, 3.63) is 0 Å². The molecule has 2 rings (SSSR count). The lowest BCUT2D eigenvalue weighted by molar-refractivity contribution is 0.602. The van der Waals surface area contributed by atoms with Crippen LogP contribution < -0.4 is 5.73 Å². The van der Waals surface area contributed by atoms with E-state index in [4.69, 9.17) is 5.73 Å². The Bertz CT molecular complexity index is 427. The fraction of sp³-hybridized carbons (Fsp3) is 0.667. The van der Waals surface area contributed by atoms with Gasteiger partial charge in [0.25, 0.3) is 0 Å². The molecule has 2 heterocycles. The average Bonchev–Trinajstić information content (AvgIpc) is 2.59. The molecule has 1 saturated heterocycles. The molecule has 1 atom stereocenters. The Morgan fingerprint density at radius 1 is 1.50 bits per heavy atom. The van der Waals surface area contributed by atoms with Crippen molar-refractivity contribution in [3.63, 3.8) is 0 Å². The van der Waals surface area contributed by atoms with Crippen molar-refractivity contribution in [3.8, 4) is 0 Å². The molecule has 1 aromatic rings. The second-order valence-corrected chi connectivity index (χ2v) is 7.83. The van der Waals surface area contributed by atoms with Crippen LogP contribution in [0.1, 0.15) is 6.42 Å². The molecule has 1 unspecified atom stereocenters. The zero-order valence-electron chi connectivity index (χ0n) is 7.21. The van der Waals surface area contributed by atoms with Gasteiger partial charge in [0.05, 0.1) is 11.5 Å². The summed E-state index contributed by atoms with van der Waals surface area (Å²) in [6.45, 7) is 0. The van der Waals surface area contributed by atoms with Crippen molar-refractivity contribution in [2.75, 3.05) is 17.2 Å². The molecule has 1 aliphatic heterocycles. The van der Waals surface area contributed by atoms with E-state index in [9.17, 15) is 8.42 Å². The number of nitrogen functional groups attached to an aromatic ring is 1. The van der Waals surface area contributed by atoms with Crippen LogP contribution in [-0.4, -0.2) is 35.4 Å². The van der Waals surface area contributed by atoms with Gasteiger partial charge in [-0.1, -0.05) is 23.1 Å². The van der Waals surface area contributed by atoms with Gasteiger partial charge < -0.3 is 5.73 Å². The Morgan fingerprint density at radius 3 is 2.79 bits per heavy atom. The molecule has 0 amide bonds. The fourth-order valence-corrected chi connectivity index (χ4v) is 5.66. The smallest absolute Gasteiger partial charge is 0.203 e. The molecule has 8 heteroatoms. The van der Waals surface area contributed by atoms with Gasteiger partial charge in [0.1, 0.15) is 0 Å². The van der Waals surface area contributed by atoms with Gasteiger partial charge in [0, 0.05) is 5.25 Å². The zero-order valence-corrected chi connectivity index (χ0v) is 9.66. The van der Waals surface area contributed by atoms with Crippen molar-refractivity contribution in [2.45, 2.75) is 16.0 Å². The average molecular weight is 251 g/mol. The van der Waals surface area contributed by atoms with Crippen molar-refractivity contribution < 1.29 is 8.42 Å². The minimum Gasteiger partial charge on any atom is -0.374 e. The second kappa shape index (κ2) is 3.67. The highest BCUT2D eigenvalue weighted by molar-refractivity contribution is 8.03. The van der Waals surface area contributed by atoms with Crippen LogP contribution in [0.4, 0.5) is 5.13 Å². The summed E-state index contributed by atoms with van der Waals surface area (Å²) >= 11 is 2.76. The van der Waals surface area contributed by atoms with Gasteiger partial charge in [-0.25, -0.2) is 8.42 Å². The number of hydrogen-bond donors (Lipinski definition) is 1. The van der Waals surface area contributed by atoms with Crippen LogP contribution >= 0.6 is 23.1 Å².